The fourth-order valence-electron chi connectivity index (χ4n) is 7.52. The molecule has 0 saturated heterocycles. The first-order valence-corrected chi connectivity index (χ1v) is 20.6. The Morgan fingerprint density at radius 3 is 2.13 bits per heavy atom. The van der Waals surface area contributed by atoms with Crippen LogP contribution in [0.1, 0.15) is 117 Å². The van der Waals surface area contributed by atoms with Gasteiger partial charge >= 0.3 is 0 Å². The van der Waals surface area contributed by atoms with Crippen LogP contribution in [0.25, 0.3) is 53.7 Å². The van der Waals surface area contributed by atoms with Crippen LogP contribution in [0.15, 0.2) is 77.0 Å². The van der Waals surface area contributed by atoms with E-state index < -0.39 is 0 Å². The van der Waals surface area contributed by atoms with E-state index >= 15 is 0 Å². The van der Waals surface area contributed by atoms with Crippen molar-refractivity contribution < 1.29 is 34.4 Å². The van der Waals surface area contributed by atoms with Gasteiger partial charge in [0.1, 0.15) is 11.3 Å². The Balaban J connectivity index is 0.000000360. The summed E-state index contributed by atoms with van der Waals surface area (Å²) in [7, 11) is 0. The number of furan rings is 1. The molecule has 0 aliphatic carbocycles. The van der Waals surface area contributed by atoms with Gasteiger partial charge < -0.3 is 9.52 Å². The Kier molecular flexibility index (Phi) is 14.6. The predicted molar refractivity (Wildman–Crippen MR) is 232 cm³/mol. The Morgan fingerprint density at radius 1 is 0.855 bits per heavy atom. The van der Waals surface area contributed by atoms with Crippen molar-refractivity contribution in [1.29, 1.82) is 0 Å². The molecule has 4 nitrogen and oxygen atoms in total. The molecule has 1 N–H and O–H groups in total. The number of aliphatic hydroxyl groups excluding tert-OH is 1. The van der Waals surface area contributed by atoms with Gasteiger partial charge in [0.05, 0.1) is 10.6 Å². The second kappa shape index (κ2) is 18.1. The summed E-state index contributed by atoms with van der Waals surface area (Å²) in [6, 6.07) is 23.4. The molecular weight excluding hydrogens is 875 g/mol. The van der Waals surface area contributed by atoms with E-state index in [2.05, 4.69) is 116 Å². The summed E-state index contributed by atoms with van der Waals surface area (Å²) >= 11 is 1.78. The van der Waals surface area contributed by atoms with Gasteiger partial charge in [0, 0.05) is 65.6 Å². The summed E-state index contributed by atoms with van der Waals surface area (Å²) in [4.78, 5) is 17.8. The van der Waals surface area contributed by atoms with E-state index in [0.29, 0.717) is 0 Å². The number of carbonyl (C=O) groups is 1. The van der Waals surface area contributed by atoms with Crippen LogP contribution >= 0.6 is 11.3 Å². The minimum Gasteiger partial charge on any atom is -0.512 e. The van der Waals surface area contributed by atoms with Gasteiger partial charge in [-0.15, -0.1) is 40.5 Å². The van der Waals surface area contributed by atoms with E-state index in [-0.39, 0.29) is 54.3 Å². The van der Waals surface area contributed by atoms with Crippen molar-refractivity contribution in [2.75, 3.05) is 0 Å². The number of aliphatic hydroxyl groups is 1. The number of carbonyl (C=O) groups excluding carboxylic acids is 1. The number of ketones is 1. The first-order valence-electron chi connectivity index (χ1n) is 19.8. The molecule has 3 heterocycles. The molecule has 0 spiro atoms. The van der Waals surface area contributed by atoms with Gasteiger partial charge in [0.2, 0.25) is 0 Å². The maximum atomic E-state index is 11.7. The Bertz CT molecular complexity index is 2290. The number of hydrogen-bond acceptors (Lipinski definition) is 5. The molecule has 0 bridgehead atoms. The van der Waals surface area contributed by atoms with Gasteiger partial charge in [-0.1, -0.05) is 111 Å². The van der Waals surface area contributed by atoms with Gasteiger partial charge in [-0.25, -0.2) is 0 Å². The molecule has 0 fully saturated rings. The van der Waals surface area contributed by atoms with E-state index in [4.69, 9.17) is 9.40 Å². The fraction of sp³-hybridized carbons (Fsp3) is 0.429. The minimum atomic E-state index is 0. The maximum Gasteiger partial charge on any atom is 0.162 e. The van der Waals surface area contributed by atoms with Crippen LogP contribution in [0, 0.1) is 37.2 Å². The van der Waals surface area contributed by atoms with E-state index in [1.165, 1.54) is 54.1 Å². The second-order valence-electron chi connectivity index (χ2n) is 17.1. The number of aromatic nitrogens is 1. The third-order valence-corrected chi connectivity index (χ3v) is 12.0. The van der Waals surface area contributed by atoms with Gasteiger partial charge in [-0.05, 0) is 85.4 Å². The summed E-state index contributed by atoms with van der Waals surface area (Å²) in [5.41, 5.74) is 8.32. The summed E-state index contributed by atoms with van der Waals surface area (Å²) in [6.45, 7) is 26.1. The zero-order valence-corrected chi connectivity index (χ0v) is 38.2. The van der Waals surface area contributed by atoms with Crippen LogP contribution in [-0.4, -0.2) is 15.9 Å². The van der Waals surface area contributed by atoms with E-state index in [0.717, 1.165) is 60.1 Å². The molecule has 3 aromatic heterocycles. The van der Waals surface area contributed by atoms with Gasteiger partial charge in [-0.3, -0.25) is 9.78 Å². The number of pyridine rings is 1. The molecule has 6 aromatic rings. The number of allylic oxidation sites excluding steroid dienone is 2. The molecule has 0 atom stereocenters. The SMILES string of the molecule is CCC(CC)C(=O)/C=C(\O)C(CC)CC.Cc1c(-c2sc3c(-c4[c-]c5ccccc5c(C(C)(C)C)c4)nccc3c2C)oc2cc(CC(C)(C)C)ccc12.[Ir]. The van der Waals surface area contributed by atoms with Crippen molar-refractivity contribution in [3.05, 3.63) is 101 Å². The van der Waals surface area contributed by atoms with Crippen molar-refractivity contribution in [3.63, 3.8) is 0 Å². The van der Waals surface area contributed by atoms with Gasteiger partial charge in [-0.2, -0.15) is 0 Å². The molecule has 0 saturated carbocycles. The molecule has 3 aromatic carbocycles. The number of hydrogen-bond donors (Lipinski definition) is 1. The van der Waals surface area contributed by atoms with Crippen molar-refractivity contribution in [3.8, 4) is 21.9 Å². The molecule has 6 heteroatoms. The zero-order valence-electron chi connectivity index (χ0n) is 35.0. The number of benzene rings is 3. The number of aryl methyl sites for hydroxylation is 2. The molecule has 0 amide bonds. The maximum absolute atomic E-state index is 11.7. The third-order valence-electron chi connectivity index (χ3n) is 10.7. The topological polar surface area (TPSA) is 63.3 Å². The predicted octanol–water partition coefficient (Wildman–Crippen LogP) is 14.7. The third kappa shape index (κ3) is 9.88. The van der Waals surface area contributed by atoms with Gasteiger partial charge in [0.15, 0.2) is 5.78 Å². The van der Waals surface area contributed by atoms with Crippen molar-refractivity contribution in [2.45, 2.75) is 121 Å². The number of fused-ring (bicyclic) bond motifs is 3. The van der Waals surface area contributed by atoms with Crippen LogP contribution in [0.5, 0.6) is 0 Å². The van der Waals surface area contributed by atoms with Crippen LogP contribution in [0.2, 0.25) is 0 Å². The standard InChI is InChI=1S/C36H36NOS.C13H24O2.Ir/c1-21-26-14-13-23(20-35(3,4)5)17-30(26)38-32(21)33-22(2)27-15-16-37-31(34(27)39-33)25-18-24-11-9-10-12-28(24)29(19-25)36(6,7)8;1-5-10(6-2)12(14)9-13(15)11(7-3)8-4;/h9-17,19H,20H2,1-8H3;9-11,14H,5-8H2,1-4H3;/q-1;;/b;12-9-;. The van der Waals surface area contributed by atoms with Crippen LogP contribution in [0.4, 0.5) is 0 Å². The van der Waals surface area contributed by atoms with Crippen LogP contribution in [0.3, 0.4) is 0 Å². The summed E-state index contributed by atoms with van der Waals surface area (Å²) < 4.78 is 7.78. The normalized spacial score (nSPS) is 12.4. The van der Waals surface area contributed by atoms with Crippen molar-refractivity contribution in [2.24, 2.45) is 17.3 Å². The number of thiophene rings is 1. The second-order valence-corrected chi connectivity index (χ2v) is 18.1. The fourth-order valence-corrected chi connectivity index (χ4v) is 8.87. The smallest absolute Gasteiger partial charge is 0.162 e. The van der Waals surface area contributed by atoms with E-state index in [1.54, 1.807) is 11.3 Å². The first-order chi connectivity index (χ1) is 25.5. The molecule has 6 rings (SSSR count). The Morgan fingerprint density at radius 2 is 1.51 bits per heavy atom. The largest absolute Gasteiger partial charge is 0.512 e. The van der Waals surface area contributed by atoms with Crippen molar-refractivity contribution in [1.82, 2.24) is 4.98 Å². The quantitative estimate of drug-likeness (QED) is 0.0844. The molecule has 295 valence electrons. The molecule has 55 heavy (non-hydrogen) atoms. The monoisotopic (exact) mass is 935 g/mol. The van der Waals surface area contributed by atoms with Crippen LogP contribution in [-0.2, 0) is 36.7 Å². The average Bonchev–Trinajstić information content (AvgIpc) is 3.63. The first kappa shape index (κ1) is 44.1. The zero-order chi connectivity index (χ0) is 39.5. The molecular formula is C49H60IrNO3S-. The Hall–Kier alpha value is -3.57. The molecule has 1 radical (unpaired) electrons. The van der Waals surface area contributed by atoms with Crippen LogP contribution < -0.4 is 0 Å². The number of nitrogens with zero attached hydrogens (tertiary/aromatic N) is 1. The summed E-state index contributed by atoms with van der Waals surface area (Å²) in [5.74, 6) is 1.52. The number of rotatable bonds is 10. The van der Waals surface area contributed by atoms with Crippen molar-refractivity contribution >= 4 is 48.9 Å². The van der Waals surface area contributed by atoms with E-state index in [1.807, 2.05) is 33.9 Å². The molecule has 0 unspecified atom stereocenters. The minimum absolute atomic E-state index is 0. The summed E-state index contributed by atoms with van der Waals surface area (Å²) in [5, 5.41) is 14.6. The average molecular weight is 935 g/mol. The van der Waals surface area contributed by atoms with Gasteiger partial charge in [0.25, 0.3) is 0 Å². The summed E-state index contributed by atoms with van der Waals surface area (Å²) in [6.07, 6.45) is 7.86. The molecule has 0 aliphatic heterocycles. The molecule has 0 aliphatic rings. The Labute approximate surface area is 347 Å². The van der Waals surface area contributed by atoms with E-state index in [9.17, 15) is 9.90 Å².